The Balaban J connectivity index is 1.65. The molecule has 0 spiro atoms. The van der Waals surface area contributed by atoms with Gasteiger partial charge in [-0.2, -0.15) is 0 Å². The van der Waals surface area contributed by atoms with Crippen LogP contribution >= 0.6 is 11.3 Å². The van der Waals surface area contributed by atoms with Crippen LogP contribution in [0.3, 0.4) is 0 Å². The molecule has 0 unspecified atom stereocenters. The fraction of sp³-hybridized carbons (Fsp3) is 0.348. The molecule has 1 aliphatic rings. The van der Waals surface area contributed by atoms with Crippen LogP contribution in [0.15, 0.2) is 42.5 Å². The molecule has 0 atom stereocenters. The second-order valence-electron chi connectivity index (χ2n) is 8.61. The highest BCUT2D eigenvalue weighted by atomic mass is 32.1. The first-order chi connectivity index (χ1) is 14.2. The van der Waals surface area contributed by atoms with Crippen LogP contribution in [0.5, 0.6) is 5.75 Å². The van der Waals surface area contributed by atoms with Gasteiger partial charge in [-0.05, 0) is 50.1 Å². The second kappa shape index (κ2) is 7.72. The molecule has 1 aliphatic heterocycles. The van der Waals surface area contributed by atoms with Crippen molar-refractivity contribution in [2.45, 2.75) is 27.7 Å². The van der Waals surface area contributed by atoms with E-state index in [9.17, 15) is 9.59 Å². The van der Waals surface area contributed by atoms with Gasteiger partial charge in [0.25, 0.3) is 5.91 Å². The molecule has 2 heterocycles. The third kappa shape index (κ3) is 3.89. The summed E-state index contributed by atoms with van der Waals surface area (Å²) in [4.78, 5) is 32.1. The van der Waals surface area contributed by atoms with E-state index in [0.29, 0.717) is 35.3 Å². The maximum atomic E-state index is 13.2. The number of nitrogens with zero attached hydrogens (tertiary/aromatic N) is 2. The van der Waals surface area contributed by atoms with Crippen molar-refractivity contribution in [3.05, 3.63) is 47.5 Å². The fourth-order valence-corrected chi connectivity index (χ4v) is 4.28. The summed E-state index contributed by atoms with van der Waals surface area (Å²) in [7, 11) is 0. The monoisotopic (exact) mass is 423 g/mol. The molecule has 0 radical (unpaired) electrons. The number of hydrogen-bond donors (Lipinski definition) is 1. The summed E-state index contributed by atoms with van der Waals surface area (Å²) in [5, 5.41) is 3.32. The Bertz CT molecular complexity index is 1090. The smallest absolute Gasteiger partial charge is 0.284 e. The quantitative estimate of drug-likeness (QED) is 0.644. The highest BCUT2D eigenvalue weighted by Crippen LogP contribution is 2.38. The molecular weight excluding hydrogens is 398 g/mol. The first kappa shape index (κ1) is 20.3. The van der Waals surface area contributed by atoms with Crippen LogP contribution in [0.2, 0.25) is 0 Å². The van der Waals surface area contributed by atoms with E-state index < -0.39 is 5.41 Å². The Hall–Kier alpha value is -2.93. The summed E-state index contributed by atoms with van der Waals surface area (Å²) in [5.41, 5.74) is 1.46. The number of anilines is 2. The lowest BCUT2D eigenvalue weighted by Gasteiger charge is -2.29. The predicted octanol–water partition coefficient (Wildman–Crippen LogP) is 4.96. The van der Waals surface area contributed by atoms with Crippen LogP contribution < -0.4 is 15.0 Å². The van der Waals surface area contributed by atoms with Gasteiger partial charge in [0.1, 0.15) is 12.4 Å². The van der Waals surface area contributed by atoms with E-state index in [-0.39, 0.29) is 17.7 Å². The zero-order valence-electron chi connectivity index (χ0n) is 17.6. The van der Waals surface area contributed by atoms with Gasteiger partial charge in [0.2, 0.25) is 5.91 Å². The molecule has 2 aromatic carbocycles. The van der Waals surface area contributed by atoms with E-state index in [2.05, 4.69) is 24.1 Å². The molecule has 0 fully saturated rings. The van der Waals surface area contributed by atoms with Gasteiger partial charge in [0.15, 0.2) is 5.01 Å². The minimum Gasteiger partial charge on any atom is -0.490 e. The summed E-state index contributed by atoms with van der Waals surface area (Å²) in [6, 6.07) is 13.1. The van der Waals surface area contributed by atoms with E-state index in [4.69, 9.17) is 4.74 Å². The summed E-state index contributed by atoms with van der Waals surface area (Å²) < 4.78 is 6.91. The molecule has 7 heteroatoms. The van der Waals surface area contributed by atoms with E-state index in [0.717, 1.165) is 10.2 Å². The molecule has 3 aromatic rings. The van der Waals surface area contributed by atoms with Gasteiger partial charge in [-0.1, -0.05) is 26.0 Å². The number of ether oxygens (including phenoxy) is 1. The minimum atomic E-state index is -0.627. The molecular formula is C23H25N3O3S. The number of carbonyl (C=O) groups excluding carboxylic acids is 2. The summed E-state index contributed by atoms with van der Waals surface area (Å²) in [6.45, 7) is 8.82. The molecule has 2 amide bonds. The normalized spacial score (nSPS) is 15.6. The molecule has 0 bridgehead atoms. The predicted molar refractivity (Wildman–Crippen MR) is 120 cm³/mol. The number of aromatic nitrogens is 1. The lowest BCUT2D eigenvalue weighted by atomic mass is 9.92. The lowest BCUT2D eigenvalue weighted by Crippen LogP contribution is -2.43. The van der Waals surface area contributed by atoms with Crippen molar-refractivity contribution >= 4 is 44.7 Å². The maximum absolute atomic E-state index is 13.2. The summed E-state index contributed by atoms with van der Waals surface area (Å²) in [6.07, 6.45) is 0. The Kier molecular flexibility index (Phi) is 5.24. The van der Waals surface area contributed by atoms with Gasteiger partial charge in [-0.3, -0.25) is 9.59 Å². The number of hydrogen-bond acceptors (Lipinski definition) is 5. The molecule has 1 aromatic heterocycles. The van der Waals surface area contributed by atoms with E-state index in [1.54, 1.807) is 11.0 Å². The number of carbonyl (C=O) groups is 2. The molecule has 156 valence electrons. The van der Waals surface area contributed by atoms with Gasteiger partial charge in [-0.15, -0.1) is 11.3 Å². The number of thiazole rings is 1. The average Bonchev–Trinajstić information content (AvgIpc) is 3.11. The average molecular weight is 424 g/mol. The Labute approximate surface area is 179 Å². The summed E-state index contributed by atoms with van der Waals surface area (Å²) in [5.74, 6) is 0.682. The molecule has 0 saturated carbocycles. The van der Waals surface area contributed by atoms with E-state index in [1.165, 1.54) is 11.3 Å². The molecule has 0 aliphatic carbocycles. The number of nitrogens with one attached hydrogen (secondary N) is 1. The van der Waals surface area contributed by atoms with Crippen LogP contribution in [0.25, 0.3) is 10.2 Å². The second-order valence-corrected chi connectivity index (χ2v) is 9.64. The zero-order valence-corrected chi connectivity index (χ0v) is 18.4. The Morgan fingerprint density at radius 3 is 2.77 bits per heavy atom. The number of rotatable bonds is 4. The first-order valence-electron chi connectivity index (χ1n) is 10.0. The van der Waals surface area contributed by atoms with Crippen molar-refractivity contribution < 1.29 is 14.3 Å². The maximum Gasteiger partial charge on any atom is 0.284 e. The Morgan fingerprint density at radius 2 is 2.03 bits per heavy atom. The highest BCUT2D eigenvalue weighted by molar-refractivity contribution is 7.20. The molecule has 6 nitrogen and oxygen atoms in total. The fourth-order valence-electron chi connectivity index (χ4n) is 3.42. The SMILES string of the molecule is CC(C)CN1C(=O)C(C)(C)COc2ccc(NC(=O)c3nc4ccccc4s3)cc21. The molecule has 4 rings (SSSR count). The van der Waals surface area contributed by atoms with Gasteiger partial charge >= 0.3 is 0 Å². The molecule has 0 saturated heterocycles. The largest absolute Gasteiger partial charge is 0.490 e. The number of amides is 2. The van der Waals surface area contributed by atoms with Crippen molar-refractivity contribution in [2.75, 3.05) is 23.4 Å². The van der Waals surface area contributed by atoms with Gasteiger partial charge in [0, 0.05) is 12.2 Å². The van der Waals surface area contributed by atoms with E-state index >= 15 is 0 Å². The number of fused-ring (bicyclic) bond motifs is 2. The van der Waals surface area contributed by atoms with Crippen LogP contribution in [0.1, 0.15) is 37.5 Å². The lowest BCUT2D eigenvalue weighted by molar-refractivity contribution is -0.127. The third-order valence-corrected chi connectivity index (χ3v) is 5.99. The van der Waals surface area contributed by atoms with Crippen LogP contribution in [-0.2, 0) is 4.79 Å². The van der Waals surface area contributed by atoms with Crippen LogP contribution in [-0.4, -0.2) is 29.9 Å². The van der Waals surface area contributed by atoms with E-state index in [1.807, 2.05) is 50.2 Å². The third-order valence-electron chi connectivity index (χ3n) is 4.96. The van der Waals surface area contributed by atoms with Crippen LogP contribution in [0.4, 0.5) is 11.4 Å². The molecule has 1 N–H and O–H groups in total. The van der Waals surface area contributed by atoms with Crippen molar-refractivity contribution in [1.82, 2.24) is 4.98 Å². The van der Waals surface area contributed by atoms with Gasteiger partial charge < -0.3 is 15.0 Å². The minimum absolute atomic E-state index is 0.0181. The van der Waals surface area contributed by atoms with Crippen molar-refractivity contribution in [1.29, 1.82) is 0 Å². The first-order valence-corrected chi connectivity index (χ1v) is 10.8. The van der Waals surface area contributed by atoms with Crippen molar-refractivity contribution in [3.8, 4) is 5.75 Å². The molecule has 30 heavy (non-hydrogen) atoms. The highest BCUT2D eigenvalue weighted by Gasteiger charge is 2.38. The van der Waals surface area contributed by atoms with Crippen LogP contribution in [0, 0.1) is 11.3 Å². The standard InChI is InChI=1S/C23H25N3O3S/c1-14(2)12-26-17-11-15(9-10-18(17)29-13-23(3,4)22(26)28)24-20(27)21-25-16-7-5-6-8-19(16)30-21/h5-11,14H,12-13H2,1-4H3,(H,24,27). The van der Waals surface area contributed by atoms with Gasteiger partial charge in [-0.25, -0.2) is 4.98 Å². The van der Waals surface area contributed by atoms with Crippen molar-refractivity contribution in [2.24, 2.45) is 11.3 Å². The van der Waals surface area contributed by atoms with Gasteiger partial charge in [0.05, 0.1) is 21.3 Å². The summed E-state index contributed by atoms with van der Waals surface area (Å²) >= 11 is 1.35. The number of benzene rings is 2. The Morgan fingerprint density at radius 1 is 1.27 bits per heavy atom. The van der Waals surface area contributed by atoms with Crippen molar-refractivity contribution in [3.63, 3.8) is 0 Å². The number of para-hydroxylation sites is 1. The topological polar surface area (TPSA) is 71.5 Å². The zero-order chi connectivity index (χ0) is 21.5.